The van der Waals surface area contributed by atoms with Crippen molar-refractivity contribution in [2.75, 3.05) is 5.43 Å². The fourth-order valence-corrected chi connectivity index (χ4v) is 1.16. The first-order valence-electron chi connectivity index (χ1n) is 4.14. The monoisotopic (exact) mass is 190 g/mol. The van der Waals surface area contributed by atoms with E-state index in [9.17, 15) is 0 Å². The first-order valence-corrected chi connectivity index (χ1v) is 4.14. The van der Waals surface area contributed by atoms with Crippen LogP contribution in [0.25, 0.3) is 11.4 Å². The highest BCUT2D eigenvalue weighted by Gasteiger charge is 2.04. The van der Waals surface area contributed by atoms with E-state index in [1.807, 2.05) is 6.92 Å². The smallest absolute Gasteiger partial charge is 0.165 e. The molecule has 0 bridgehead atoms. The van der Waals surface area contributed by atoms with Crippen molar-refractivity contribution < 1.29 is 4.42 Å². The molecule has 14 heavy (non-hydrogen) atoms. The zero-order valence-electron chi connectivity index (χ0n) is 7.69. The Morgan fingerprint density at radius 2 is 2.29 bits per heavy atom. The summed E-state index contributed by atoms with van der Waals surface area (Å²) < 4.78 is 4.95. The van der Waals surface area contributed by atoms with Gasteiger partial charge in [0, 0.05) is 11.8 Å². The summed E-state index contributed by atoms with van der Waals surface area (Å²) in [6, 6.07) is 3.57. The number of nitrogen functional groups attached to an aromatic ring is 1. The summed E-state index contributed by atoms with van der Waals surface area (Å²) in [5.74, 6) is 6.47. The zero-order chi connectivity index (χ0) is 9.97. The number of aromatic nitrogens is 2. The molecule has 3 N–H and O–H groups in total. The lowest BCUT2D eigenvalue weighted by atomic mass is 10.3. The second-order valence-electron chi connectivity index (χ2n) is 2.87. The number of hydrogen-bond acceptors (Lipinski definition) is 5. The maximum Gasteiger partial charge on any atom is 0.165 e. The summed E-state index contributed by atoms with van der Waals surface area (Å²) in [7, 11) is 0. The molecule has 2 rings (SSSR count). The van der Waals surface area contributed by atoms with Crippen LogP contribution >= 0.6 is 0 Å². The second-order valence-corrected chi connectivity index (χ2v) is 2.87. The largest absolute Gasteiger partial charge is 0.472 e. The number of nitrogens with one attached hydrogen (secondary N) is 1. The van der Waals surface area contributed by atoms with E-state index in [-0.39, 0.29) is 0 Å². The van der Waals surface area contributed by atoms with Gasteiger partial charge >= 0.3 is 0 Å². The summed E-state index contributed by atoms with van der Waals surface area (Å²) in [5, 5.41) is 0. The van der Waals surface area contributed by atoms with Crippen LogP contribution in [0.15, 0.2) is 29.1 Å². The highest BCUT2D eigenvalue weighted by molar-refractivity contribution is 5.55. The molecule has 0 aliphatic heterocycles. The molecule has 5 nitrogen and oxygen atoms in total. The molecule has 0 atom stereocenters. The minimum absolute atomic E-state index is 0.591. The Balaban J connectivity index is 2.48. The Kier molecular flexibility index (Phi) is 2.16. The van der Waals surface area contributed by atoms with E-state index in [1.165, 1.54) is 0 Å². The molecule has 0 aliphatic carbocycles. The van der Waals surface area contributed by atoms with Crippen LogP contribution in [0.3, 0.4) is 0 Å². The van der Waals surface area contributed by atoms with Crippen molar-refractivity contribution in [1.29, 1.82) is 0 Å². The van der Waals surface area contributed by atoms with Crippen LogP contribution in [0.4, 0.5) is 5.82 Å². The van der Waals surface area contributed by atoms with Crippen LogP contribution in [0.2, 0.25) is 0 Å². The summed E-state index contributed by atoms with van der Waals surface area (Å²) in [6.45, 7) is 1.88. The van der Waals surface area contributed by atoms with E-state index in [1.54, 1.807) is 24.7 Å². The van der Waals surface area contributed by atoms with Gasteiger partial charge in [0.1, 0.15) is 12.1 Å². The number of hydrogen-bond donors (Lipinski definition) is 2. The Hall–Kier alpha value is -1.88. The molecule has 0 aromatic carbocycles. The summed E-state index contributed by atoms with van der Waals surface area (Å²) >= 11 is 0. The molecule has 0 saturated heterocycles. The van der Waals surface area contributed by atoms with Crippen LogP contribution in [0.5, 0.6) is 0 Å². The van der Waals surface area contributed by atoms with Gasteiger partial charge in [-0.15, -0.1) is 0 Å². The second kappa shape index (κ2) is 3.47. The maximum atomic E-state index is 5.28. The van der Waals surface area contributed by atoms with Crippen molar-refractivity contribution in [2.24, 2.45) is 5.84 Å². The van der Waals surface area contributed by atoms with E-state index in [4.69, 9.17) is 10.3 Å². The molecule has 0 radical (unpaired) electrons. The van der Waals surface area contributed by atoms with Gasteiger partial charge < -0.3 is 9.84 Å². The number of nitrogens with zero attached hydrogens (tertiary/aromatic N) is 2. The average Bonchev–Trinajstić information content (AvgIpc) is 2.69. The van der Waals surface area contributed by atoms with E-state index < -0.39 is 0 Å². The van der Waals surface area contributed by atoms with Crippen LogP contribution in [0, 0.1) is 6.92 Å². The predicted octanol–water partition coefficient (Wildman–Crippen LogP) is 1.33. The van der Waals surface area contributed by atoms with Crippen molar-refractivity contribution in [3.63, 3.8) is 0 Å². The van der Waals surface area contributed by atoms with Crippen molar-refractivity contribution in [2.45, 2.75) is 6.92 Å². The number of anilines is 1. The first-order chi connectivity index (χ1) is 6.79. The van der Waals surface area contributed by atoms with E-state index in [2.05, 4.69) is 15.4 Å². The molecule has 5 heteroatoms. The standard InChI is InChI=1S/C9H10N4O/c1-6-4-8(13-10)12-9(11-6)7-2-3-14-5-7/h2-5H,10H2,1H3,(H,11,12,13). The maximum absolute atomic E-state index is 5.28. The highest BCUT2D eigenvalue weighted by atomic mass is 16.3. The normalized spacial score (nSPS) is 10.1. The Bertz CT molecular complexity index is 424. The molecule has 0 fully saturated rings. The molecule has 2 heterocycles. The van der Waals surface area contributed by atoms with Gasteiger partial charge in [-0.3, -0.25) is 0 Å². The van der Waals surface area contributed by atoms with Crippen LogP contribution in [-0.2, 0) is 0 Å². The zero-order valence-corrected chi connectivity index (χ0v) is 7.69. The first kappa shape index (κ1) is 8.71. The molecule has 0 saturated carbocycles. The third-order valence-electron chi connectivity index (χ3n) is 1.78. The van der Waals surface area contributed by atoms with Gasteiger partial charge in [0.2, 0.25) is 0 Å². The van der Waals surface area contributed by atoms with E-state index >= 15 is 0 Å². The quantitative estimate of drug-likeness (QED) is 0.551. The summed E-state index contributed by atoms with van der Waals surface area (Å²) in [6.07, 6.45) is 3.17. The number of furan rings is 1. The average molecular weight is 190 g/mol. The van der Waals surface area contributed by atoms with Gasteiger partial charge in [-0.1, -0.05) is 0 Å². The molecule has 2 aromatic heterocycles. The molecule has 0 amide bonds. The third-order valence-corrected chi connectivity index (χ3v) is 1.78. The SMILES string of the molecule is Cc1cc(NN)nc(-c2ccoc2)n1. The van der Waals surface area contributed by atoms with Crippen molar-refractivity contribution in [1.82, 2.24) is 9.97 Å². The molecule has 0 unspecified atom stereocenters. The summed E-state index contributed by atoms with van der Waals surface area (Å²) in [4.78, 5) is 8.44. The molecule has 72 valence electrons. The van der Waals surface area contributed by atoms with E-state index in [0.717, 1.165) is 11.3 Å². The lowest BCUT2D eigenvalue weighted by molar-refractivity contribution is 0.568. The van der Waals surface area contributed by atoms with Crippen LogP contribution in [0.1, 0.15) is 5.69 Å². The number of rotatable bonds is 2. The molecular weight excluding hydrogens is 180 g/mol. The van der Waals surface area contributed by atoms with Crippen molar-refractivity contribution in [3.05, 3.63) is 30.4 Å². The Morgan fingerprint density at radius 3 is 2.93 bits per heavy atom. The van der Waals surface area contributed by atoms with Crippen molar-refractivity contribution in [3.8, 4) is 11.4 Å². The third kappa shape index (κ3) is 1.57. The van der Waals surface area contributed by atoms with Gasteiger partial charge in [-0.05, 0) is 13.0 Å². The molecule has 0 spiro atoms. The van der Waals surface area contributed by atoms with Gasteiger partial charge in [-0.25, -0.2) is 15.8 Å². The lowest BCUT2D eigenvalue weighted by Gasteiger charge is -2.02. The number of nitrogens with two attached hydrogens (primary N) is 1. The molecule has 0 aliphatic rings. The van der Waals surface area contributed by atoms with Crippen molar-refractivity contribution >= 4 is 5.82 Å². The number of hydrazine groups is 1. The highest BCUT2D eigenvalue weighted by Crippen LogP contribution is 2.17. The van der Waals surface area contributed by atoms with E-state index in [0.29, 0.717) is 11.6 Å². The van der Waals surface area contributed by atoms with Crippen LogP contribution in [-0.4, -0.2) is 9.97 Å². The fourth-order valence-electron chi connectivity index (χ4n) is 1.16. The molecular formula is C9H10N4O. The predicted molar refractivity (Wildman–Crippen MR) is 52.3 cm³/mol. The van der Waals surface area contributed by atoms with Gasteiger partial charge in [0.15, 0.2) is 5.82 Å². The van der Waals surface area contributed by atoms with Gasteiger partial charge in [0.25, 0.3) is 0 Å². The fraction of sp³-hybridized carbons (Fsp3) is 0.111. The lowest BCUT2D eigenvalue weighted by Crippen LogP contribution is -2.09. The Labute approximate surface area is 80.9 Å². The minimum Gasteiger partial charge on any atom is -0.472 e. The molecule has 2 aromatic rings. The van der Waals surface area contributed by atoms with Gasteiger partial charge in [0.05, 0.1) is 11.8 Å². The van der Waals surface area contributed by atoms with Crippen LogP contribution < -0.4 is 11.3 Å². The Morgan fingerprint density at radius 1 is 1.43 bits per heavy atom. The van der Waals surface area contributed by atoms with Gasteiger partial charge in [-0.2, -0.15) is 0 Å². The summed E-state index contributed by atoms with van der Waals surface area (Å²) in [5.41, 5.74) is 4.18. The topological polar surface area (TPSA) is 77.0 Å². The minimum atomic E-state index is 0.591. The number of aryl methyl sites for hydroxylation is 1.